The van der Waals surface area contributed by atoms with Crippen LogP contribution in [0.15, 0.2) is 18.2 Å². The molecule has 0 saturated heterocycles. The van der Waals surface area contributed by atoms with Crippen LogP contribution < -0.4 is 5.32 Å². The summed E-state index contributed by atoms with van der Waals surface area (Å²) in [6.07, 6.45) is 0. The van der Waals surface area contributed by atoms with Gasteiger partial charge in [0.25, 0.3) is 5.91 Å². The Morgan fingerprint density at radius 1 is 1.47 bits per heavy atom. The van der Waals surface area contributed by atoms with Crippen LogP contribution in [0, 0.1) is 3.57 Å². The Hall–Kier alpha value is -0.860. The maximum Gasteiger partial charge on any atom is 0.328 e. The zero-order valence-corrected chi connectivity index (χ0v) is 11.4. The van der Waals surface area contributed by atoms with Gasteiger partial charge in [-0.3, -0.25) is 4.79 Å². The maximum atomic E-state index is 11.6. The van der Waals surface area contributed by atoms with Gasteiger partial charge in [0, 0.05) is 9.13 Å². The van der Waals surface area contributed by atoms with Gasteiger partial charge in [0.2, 0.25) is 0 Å². The molecule has 0 aromatic heterocycles. The molecule has 0 heterocycles. The van der Waals surface area contributed by atoms with E-state index in [4.69, 9.17) is 21.8 Å². The number of carbonyl (C=O) groups excluding carboxylic acids is 1. The van der Waals surface area contributed by atoms with Crippen molar-refractivity contribution in [3.8, 4) is 0 Å². The van der Waals surface area contributed by atoms with E-state index in [0.29, 0.717) is 5.02 Å². The Morgan fingerprint density at radius 2 is 2.12 bits per heavy atom. The predicted molar refractivity (Wildman–Crippen MR) is 70.1 cm³/mol. The van der Waals surface area contributed by atoms with Gasteiger partial charge >= 0.3 is 5.97 Å². The minimum Gasteiger partial charge on any atom is -0.480 e. The summed E-state index contributed by atoms with van der Waals surface area (Å²) in [4.78, 5) is 22.3. The summed E-state index contributed by atoms with van der Waals surface area (Å²) in [5, 5.41) is 20.0. The molecule has 1 rings (SSSR count). The highest BCUT2D eigenvalue weighted by molar-refractivity contribution is 14.1. The third-order valence-corrected chi connectivity index (χ3v) is 3.54. The monoisotopic (exact) mass is 369 g/mol. The van der Waals surface area contributed by atoms with Crippen LogP contribution >= 0.6 is 34.2 Å². The fourth-order valence-corrected chi connectivity index (χ4v) is 1.58. The van der Waals surface area contributed by atoms with Crippen molar-refractivity contribution in [1.29, 1.82) is 0 Å². The van der Waals surface area contributed by atoms with E-state index in [1.807, 2.05) is 22.6 Å². The van der Waals surface area contributed by atoms with E-state index in [-0.39, 0.29) is 5.56 Å². The first kappa shape index (κ1) is 14.2. The summed E-state index contributed by atoms with van der Waals surface area (Å²) in [5.74, 6) is -1.89. The van der Waals surface area contributed by atoms with Crippen LogP contribution in [0.3, 0.4) is 0 Å². The molecular formula is C10H9ClINO4. The molecule has 0 aliphatic rings. The van der Waals surface area contributed by atoms with Crippen molar-refractivity contribution in [3.05, 3.63) is 32.4 Å². The van der Waals surface area contributed by atoms with E-state index in [1.165, 1.54) is 12.1 Å². The normalized spacial score (nSPS) is 11.9. The second-order valence-corrected chi connectivity index (χ2v) is 4.75. The maximum absolute atomic E-state index is 11.6. The van der Waals surface area contributed by atoms with Gasteiger partial charge in [0.1, 0.15) is 0 Å². The number of aliphatic hydroxyl groups excluding tert-OH is 1. The molecular weight excluding hydrogens is 360 g/mol. The average Bonchev–Trinajstić information content (AvgIpc) is 2.28. The number of amides is 1. The van der Waals surface area contributed by atoms with Gasteiger partial charge in [-0.25, -0.2) is 4.79 Å². The number of hydrogen-bond donors (Lipinski definition) is 3. The molecule has 0 bridgehead atoms. The van der Waals surface area contributed by atoms with Crippen molar-refractivity contribution in [3.63, 3.8) is 0 Å². The van der Waals surface area contributed by atoms with E-state index in [2.05, 4.69) is 5.32 Å². The van der Waals surface area contributed by atoms with Crippen LogP contribution in [0.4, 0.5) is 0 Å². The molecule has 0 fully saturated rings. The molecule has 1 aromatic carbocycles. The summed E-state index contributed by atoms with van der Waals surface area (Å²) in [6.45, 7) is -0.667. The SMILES string of the molecule is O=C(N[C@@H](CO)C(=O)O)c1ccc(I)c(Cl)c1. The second kappa shape index (κ2) is 6.18. The number of rotatable bonds is 4. The standard InChI is InChI=1S/C10H9ClINO4/c11-6-3-5(1-2-7(6)12)9(15)13-8(4-14)10(16)17/h1-3,8,14H,4H2,(H,13,15)(H,16,17)/t8-/m0/s1. The largest absolute Gasteiger partial charge is 0.480 e. The summed E-state index contributed by atoms with van der Waals surface area (Å²) in [7, 11) is 0. The average molecular weight is 370 g/mol. The smallest absolute Gasteiger partial charge is 0.328 e. The highest BCUT2D eigenvalue weighted by Gasteiger charge is 2.19. The Balaban J connectivity index is 2.82. The van der Waals surface area contributed by atoms with Crippen LogP contribution in [-0.2, 0) is 4.79 Å². The molecule has 0 aliphatic heterocycles. The van der Waals surface area contributed by atoms with E-state index < -0.39 is 24.5 Å². The van der Waals surface area contributed by atoms with Gasteiger partial charge in [-0.2, -0.15) is 0 Å². The molecule has 1 atom stereocenters. The Kier molecular flexibility index (Phi) is 5.16. The lowest BCUT2D eigenvalue weighted by molar-refractivity contribution is -0.140. The predicted octanol–water partition coefficient (Wildman–Crippen LogP) is 1.12. The minimum atomic E-state index is -1.32. The Labute approximate surface area is 116 Å². The van der Waals surface area contributed by atoms with E-state index in [9.17, 15) is 9.59 Å². The van der Waals surface area contributed by atoms with Gasteiger partial charge < -0.3 is 15.5 Å². The zero-order chi connectivity index (χ0) is 13.0. The molecule has 0 unspecified atom stereocenters. The highest BCUT2D eigenvalue weighted by atomic mass is 127. The number of hydrogen-bond acceptors (Lipinski definition) is 3. The summed E-state index contributed by atoms with van der Waals surface area (Å²) >= 11 is 7.85. The number of carboxylic acid groups (broad SMARTS) is 1. The van der Waals surface area contributed by atoms with Crippen molar-refractivity contribution >= 4 is 46.1 Å². The second-order valence-electron chi connectivity index (χ2n) is 3.18. The van der Waals surface area contributed by atoms with Crippen LogP contribution in [0.2, 0.25) is 5.02 Å². The van der Waals surface area contributed by atoms with Gasteiger partial charge in [0.05, 0.1) is 11.6 Å². The lowest BCUT2D eigenvalue weighted by Gasteiger charge is -2.11. The number of benzene rings is 1. The highest BCUT2D eigenvalue weighted by Crippen LogP contribution is 2.19. The summed E-state index contributed by atoms with van der Waals surface area (Å²) in [5.41, 5.74) is 0.245. The molecule has 3 N–H and O–H groups in total. The van der Waals surface area contributed by atoms with Crippen molar-refractivity contribution in [2.75, 3.05) is 6.61 Å². The number of aliphatic hydroxyl groups is 1. The van der Waals surface area contributed by atoms with Gasteiger partial charge in [-0.15, -0.1) is 0 Å². The molecule has 17 heavy (non-hydrogen) atoms. The molecule has 1 aromatic rings. The van der Waals surface area contributed by atoms with Gasteiger partial charge in [0.15, 0.2) is 6.04 Å². The van der Waals surface area contributed by atoms with Crippen molar-refractivity contribution in [2.24, 2.45) is 0 Å². The molecule has 1 amide bonds. The number of nitrogens with one attached hydrogen (secondary N) is 1. The Bertz CT molecular complexity index is 452. The lowest BCUT2D eigenvalue weighted by atomic mass is 10.2. The van der Waals surface area contributed by atoms with Crippen molar-refractivity contribution in [2.45, 2.75) is 6.04 Å². The quantitative estimate of drug-likeness (QED) is 0.694. The van der Waals surface area contributed by atoms with E-state index in [0.717, 1.165) is 3.57 Å². The molecule has 0 radical (unpaired) electrons. The zero-order valence-electron chi connectivity index (χ0n) is 8.48. The first-order valence-electron chi connectivity index (χ1n) is 4.55. The number of aliphatic carboxylic acids is 1. The summed E-state index contributed by atoms with van der Waals surface area (Å²) in [6, 6.07) is 3.29. The first-order valence-corrected chi connectivity index (χ1v) is 6.01. The minimum absolute atomic E-state index is 0.245. The van der Waals surface area contributed by atoms with Crippen molar-refractivity contribution in [1.82, 2.24) is 5.32 Å². The first-order chi connectivity index (χ1) is 7.95. The molecule has 5 nitrogen and oxygen atoms in total. The fraction of sp³-hybridized carbons (Fsp3) is 0.200. The number of carboxylic acids is 1. The third kappa shape index (κ3) is 3.83. The van der Waals surface area contributed by atoms with E-state index in [1.54, 1.807) is 6.07 Å². The summed E-state index contributed by atoms with van der Waals surface area (Å²) < 4.78 is 0.790. The molecule has 92 valence electrons. The van der Waals surface area contributed by atoms with Gasteiger partial charge in [-0.1, -0.05) is 11.6 Å². The Morgan fingerprint density at radius 3 is 2.59 bits per heavy atom. The van der Waals surface area contributed by atoms with Crippen molar-refractivity contribution < 1.29 is 19.8 Å². The number of carbonyl (C=O) groups is 2. The molecule has 0 saturated carbocycles. The van der Waals surface area contributed by atoms with Crippen LogP contribution in [0.5, 0.6) is 0 Å². The number of halogens is 2. The third-order valence-electron chi connectivity index (χ3n) is 1.97. The van der Waals surface area contributed by atoms with Gasteiger partial charge in [-0.05, 0) is 40.8 Å². The van der Waals surface area contributed by atoms with E-state index >= 15 is 0 Å². The van der Waals surface area contributed by atoms with Crippen LogP contribution in [-0.4, -0.2) is 34.7 Å². The van der Waals surface area contributed by atoms with Crippen LogP contribution in [0.1, 0.15) is 10.4 Å². The topological polar surface area (TPSA) is 86.6 Å². The molecule has 0 spiro atoms. The fourth-order valence-electron chi connectivity index (χ4n) is 1.06. The van der Waals surface area contributed by atoms with Crippen LogP contribution in [0.25, 0.3) is 0 Å². The lowest BCUT2D eigenvalue weighted by Crippen LogP contribution is -2.43. The molecule has 7 heteroatoms. The molecule has 0 aliphatic carbocycles.